The summed E-state index contributed by atoms with van der Waals surface area (Å²) >= 11 is 0. The number of hydrogen-bond acceptors (Lipinski definition) is 3. The highest BCUT2D eigenvalue weighted by atomic mass is 16.3. The van der Waals surface area contributed by atoms with Gasteiger partial charge in [-0.05, 0) is 36.4 Å². The van der Waals surface area contributed by atoms with E-state index in [4.69, 9.17) is 9.52 Å². The number of carbonyl (C=O) groups excluding carboxylic acids is 1. The SMILES string of the molecule is O=C(Cc1ccco1)Nc1ccc(O)cc1. The van der Waals surface area contributed by atoms with Gasteiger partial charge in [-0.3, -0.25) is 4.79 Å². The van der Waals surface area contributed by atoms with Gasteiger partial charge in [0.15, 0.2) is 0 Å². The summed E-state index contributed by atoms with van der Waals surface area (Å²) in [6.07, 6.45) is 1.73. The number of amides is 1. The van der Waals surface area contributed by atoms with E-state index in [1.807, 2.05) is 0 Å². The maximum absolute atomic E-state index is 11.5. The molecule has 1 heterocycles. The Morgan fingerprint density at radius 2 is 2.00 bits per heavy atom. The Hall–Kier alpha value is -2.23. The molecule has 1 amide bonds. The molecule has 0 fully saturated rings. The molecular weight excluding hydrogens is 206 g/mol. The molecule has 0 bridgehead atoms. The predicted octanol–water partition coefficient (Wildman–Crippen LogP) is 2.17. The predicted molar refractivity (Wildman–Crippen MR) is 59.1 cm³/mol. The highest BCUT2D eigenvalue weighted by Gasteiger charge is 2.05. The molecule has 0 saturated carbocycles. The summed E-state index contributed by atoms with van der Waals surface area (Å²) in [5.74, 6) is 0.640. The van der Waals surface area contributed by atoms with Gasteiger partial charge in [0.2, 0.25) is 5.91 Å². The van der Waals surface area contributed by atoms with Gasteiger partial charge in [-0.1, -0.05) is 0 Å². The van der Waals surface area contributed by atoms with E-state index in [-0.39, 0.29) is 18.1 Å². The smallest absolute Gasteiger partial charge is 0.231 e. The first-order chi connectivity index (χ1) is 7.74. The quantitative estimate of drug-likeness (QED) is 0.774. The van der Waals surface area contributed by atoms with Crippen molar-refractivity contribution >= 4 is 11.6 Å². The van der Waals surface area contributed by atoms with Crippen molar-refractivity contribution in [3.8, 4) is 5.75 Å². The third-order valence-electron chi connectivity index (χ3n) is 2.07. The zero-order valence-corrected chi connectivity index (χ0v) is 8.51. The number of anilines is 1. The van der Waals surface area contributed by atoms with Crippen LogP contribution in [0.5, 0.6) is 5.75 Å². The normalized spacial score (nSPS) is 10.0. The zero-order chi connectivity index (χ0) is 11.4. The summed E-state index contributed by atoms with van der Waals surface area (Å²) in [6.45, 7) is 0. The van der Waals surface area contributed by atoms with Crippen molar-refractivity contribution in [2.75, 3.05) is 5.32 Å². The average molecular weight is 217 g/mol. The van der Waals surface area contributed by atoms with E-state index >= 15 is 0 Å². The van der Waals surface area contributed by atoms with Gasteiger partial charge in [-0.2, -0.15) is 0 Å². The van der Waals surface area contributed by atoms with Crippen LogP contribution >= 0.6 is 0 Å². The van der Waals surface area contributed by atoms with Crippen LogP contribution in [-0.4, -0.2) is 11.0 Å². The van der Waals surface area contributed by atoms with Gasteiger partial charge in [0.05, 0.1) is 12.7 Å². The van der Waals surface area contributed by atoms with E-state index < -0.39 is 0 Å². The van der Waals surface area contributed by atoms with E-state index in [1.165, 1.54) is 18.4 Å². The van der Waals surface area contributed by atoms with Crippen molar-refractivity contribution in [1.82, 2.24) is 0 Å². The van der Waals surface area contributed by atoms with Crippen LogP contribution in [0.3, 0.4) is 0 Å². The van der Waals surface area contributed by atoms with Crippen molar-refractivity contribution in [2.24, 2.45) is 0 Å². The van der Waals surface area contributed by atoms with Crippen LogP contribution in [0.2, 0.25) is 0 Å². The van der Waals surface area contributed by atoms with Crippen LogP contribution in [0.15, 0.2) is 47.1 Å². The standard InChI is InChI=1S/C12H11NO3/c14-10-5-3-9(4-6-10)13-12(15)8-11-2-1-7-16-11/h1-7,14H,8H2,(H,13,15). The van der Waals surface area contributed by atoms with E-state index in [9.17, 15) is 4.79 Å². The molecule has 0 saturated heterocycles. The van der Waals surface area contributed by atoms with Crippen molar-refractivity contribution in [3.05, 3.63) is 48.4 Å². The first-order valence-corrected chi connectivity index (χ1v) is 4.85. The summed E-state index contributed by atoms with van der Waals surface area (Å²) < 4.78 is 5.06. The fourth-order valence-corrected chi connectivity index (χ4v) is 1.32. The minimum Gasteiger partial charge on any atom is -0.508 e. The molecule has 16 heavy (non-hydrogen) atoms. The van der Waals surface area contributed by atoms with Crippen LogP contribution in [-0.2, 0) is 11.2 Å². The molecule has 82 valence electrons. The second-order valence-electron chi connectivity index (χ2n) is 3.35. The number of phenolic OH excluding ortho intramolecular Hbond substituents is 1. The molecule has 0 radical (unpaired) electrons. The molecule has 2 N–H and O–H groups in total. The van der Waals surface area contributed by atoms with Gasteiger partial charge in [0, 0.05) is 5.69 Å². The number of phenols is 1. The Morgan fingerprint density at radius 1 is 1.25 bits per heavy atom. The topological polar surface area (TPSA) is 62.5 Å². The molecular formula is C12H11NO3. The van der Waals surface area contributed by atoms with Crippen LogP contribution in [0.25, 0.3) is 0 Å². The molecule has 0 atom stereocenters. The Labute approximate surface area is 92.5 Å². The lowest BCUT2D eigenvalue weighted by molar-refractivity contribution is -0.115. The number of nitrogens with one attached hydrogen (secondary N) is 1. The number of carbonyl (C=O) groups is 1. The molecule has 0 unspecified atom stereocenters. The number of hydrogen-bond donors (Lipinski definition) is 2. The molecule has 1 aromatic carbocycles. The lowest BCUT2D eigenvalue weighted by Crippen LogP contribution is -2.13. The molecule has 2 aromatic rings. The molecule has 0 spiro atoms. The monoisotopic (exact) mass is 217 g/mol. The van der Waals surface area contributed by atoms with Crippen molar-refractivity contribution in [2.45, 2.75) is 6.42 Å². The second kappa shape index (κ2) is 4.53. The lowest BCUT2D eigenvalue weighted by atomic mass is 10.2. The molecule has 2 rings (SSSR count). The van der Waals surface area contributed by atoms with Crippen molar-refractivity contribution < 1.29 is 14.3 Å². The third-order valence-corrected chi connectivity index (χ3v) is 2.07. The maximum atomic E-state index is 11.5. The van der Waals surface area contributed by atoms with Gasteiger partial charge in [0.25, 0.3) is 0 Å². The molecule has 0 aliphatic carbocycles. The summed E-state index contributed by atoms with van der Waals surface area (Å²) in [5.41, 5.74) is 0.648. The molecule has 4 heteroatoms. The minimum absolute atomic E-state index is 0.152. The van der Waals surface area contributed by atoms with Gasteiger partial charge in [0.1, 0.15) is 11.5 Å². The maximum Gasteiger partial charge on any atom is 0.231 e. The minimum atomic E-state index is -0.152. The summed E-state index contributed by atoms with van der Waals surface area (Å²) in [4.78, 5) is 11.5. The molecule has 0 aliphatic rings. The largest absolute Gasteiger partial charge is 0.508 e. The highest BCUT2D eigenvalue weighted by molar-refractivity contribution is 5.91. The number of furan rings is 1. The molecule has 0 aliphatic heterocycles. The first kappa shape index (κ1) is 10.3. The van der Waals surface area contributed by atoms with Gasteiger partial charge < -0.3 is 14.8 Å². The fourth-order valence-electron chi connectivity index (χ4n) is 1.32. The van der Waals surface area contributed by atoms with E-state index in [0.29, 0.717) is 11.4 Å². The van der Waals surface area contributed by atoms with E-state index in [2.05, 4.69) is 5.32 Å². The second-order valence-corrected chi connectivity index (χ2v) is 3.35. The molecule has 4 nitrogen and oxygen atoms in total. The van der Waals surface area contributed by atoms with E-state index in [0.717, 1.165) is 0 Å². The summed E-state index contributed by atoms with van der Waals surface area (Å²) in [7, 11) is 0. The zero-order valence-electron chi connectivity index (χ0n) is 8.51. The number of rotatable bonds is 3. The first-order valence-electron chi connectivity index (χ1n) is 4.85. The van der Waals surface area contributed by atoms with Crippen LogP contribution in [0.4, 0.5) is 5.69 Å². The number of benzene rings is 1. The van der Waals surface area contributed by atoms with Crippen LogP contribution in [0.1, 0.15) is 5.76 Å². The van der Waals surface area contributed by atoms with Gasteiger partial charge in [-0.15, -0.1) is 0 Å². The Kier molecular flexibility index (Phi) is 2.91. The molecule has 1 aromatic heterocycles. The summed E-state index contributed by atoms with van der Waals surface area (Å²) in [6, 6.07) is 9.79. The Bertz CT molecular complexity index is 460. The van der Waals surface area contributed by atoms with Gasteiger partial charge in [-0.25, -0.2) is 0 Å². The van der Waals surface area contributed by atoms with E-state index in [1.54, 1.807) is 24.3 Å². The van der Waals surface area contributed by atoms with Crippen LogP contribution in [0, 0.1) is 0 Å². The highest BCUT2D eigenvalue weighted by Crippen LogP contribution is 2.14. The Morgan fingerprint density at radius 3 is 2.62 bits per heavy atom. The summed E-state index contributed by atoms with van der Waals surface area (Å²) in [5, 5.41) is 11.8. The van der Waals surface area contributed by atoms with Crippen LogP contribution < -0.4 is 5.32 Å². The van der Waals surface area contributed by atoms with Crippen molar-refractivity contribution in [3.63, 3.8) is 0 Å². The Balaban J connectivity index is 1.95. The van der Waals surface area contributed by atoms with Crippen molar-refractivity contribution in [1.29, 1.82) is 0 Å². The lowest BCUT2D eigenvalue weighted by Gasteiger charge is -2.03. The fraction of sp³-hybridized carbons (Fsp3) is 0.0833. The third kappa shape index (κ3) is 2.63. The number of aromatic hydroxyl groups is 1. The van der Waals surface area contributed by atoms with Gasteiger partial charge >= 0.3 is 0 Å². The average Bonchev–Trinajstić information content (AvgIpc) is 2.74.